The number of piperidine rings is 1. The van der Waals surface area contributed by atoms with Gasteiger partial charge in [-0.1, -0.05) is 17.7 Å². The summed E-state index contributed by atoms with van der Waals surface area (Å²) in [6, 6.07) is 4.94. The van der Waals surface area contributed by atoms with Crippen LogP contribution in [-0.4, -0.2) is 31.1 Å². The lowest BCUT2D eigenvalue weighted by molar-refractivity contribution is 0.193. The van der Waals surface area contributed by atoms with E-state index >= 15 is 0 Å². The molecule has 0 radical (unpaired) electrons. The zero-order chi connectivity index (χ0) is 13.3. The maximum Gasteiger partial charge on any atom is 0.129 e. The molecule has 2 saturated heterocycles. The monoisotopic (exact) mass is 282 g/mol. The third kappa shape index (κ3) is 2.78. The molecule has 2 aliphatic rings. The highest BCUT2D eigenvalue weighted by Crippen LogP contribution is 2.39. The van der Waals surface area contributed by atoms with Gasteiger partial charge in [-0.3, -0.25) is 4.90 Å². The van der Waals surface area contributed by atoms with E-state index in [0.29, 0.717) is 22.5 Å². The minimum absolute atomic E-state index is 0.182. The van der Waals surface area contributed by atoms with Gasteiger partial charge in [-0.2, -0.15) is 0 Å². The first-order chi connectivity index (χ1) is 9.19. The predicted octanol–water partition coefficient (Wildman–Crippen LogP) is 3.05. The molecule has 0 atom stereocenters. The van der Waals surface area contributed by atoms with Crippen LogP contribution in [-0.2, 0) is 6.54 Å². The van der Waals surface area contributed by atoms with Crippen LogP contribution in [0.1, 0.15) is 24.8 Å². The third-order valence-electron chi connectivity index (χ3n) is 4.63. The normalized spacial score (nSPS) is 23.1. The lowest BCUT2D eigenvalue weighted by Crippen LogP contribution is -2.38. The van der Waals surface area contributed by atoms with Gasteiger partial charge in [-0.05, 0) is 56.4 Å². The van der Waals surface area contributed by atoms with E-state index in [1.54, 1.807) is 12.1 Å². The number of rotatable bonds is 2. The summed E-state index contributed by atoms with van der Waals surface area (Å²) in [7, 11) is 0. The summed E-state index contributed by atoms with van der Waals surface area (Å²) < 4.78 is 13.8. The average Bonchev–Trinajstić information content (AvgIpc) is 2.78. The summed E-state index contributed by atoms with van der Waals surface area (Å²) in [6.45, 7) is 5.02. The quantitative estimate of drug-likeness (QED) is 0.897. The number of nitrogens with one attached hydrogen (secondary N) is 1. The molecule has 104 valence electrons. The highest BCUT2D eigenvalue weighted by molar-refractivity contribution is 6.31. The van der Waals surface area contributed by atoms with E-state index < -0.39 is 0 Å². The van der Waals surface area contributed by atoms with Crippen molar-refractivity contribution in [1.82, 2.24) is 10.2 Å². The molecule has 4 heteroatoms. The number of hydrogen-bond acceptors (Lipinski definition) is 2. The number of nitrogens with zero attached hydrogens (tertiary/aromatic N) is 1. The van der Waals surface area contributed by atoms with Crippen LogP contribution in [0.2, 0.25) is 5.02 Å². The summed E-state index contributed by atoms with van der Waals surface area (Å²) in [6.07, 6.45) is 3.73. The van der Waals surface area contributed by atoms with Gasteiger partial charge < -0.3 is 5.32 Å². The average molecular weight is 283 g/mol. The molecule has 2 fully saturated rings. The van der Waals surface area contributed by atoms with Crippen LogP contribution in [0, 0.1) is 11.2 Å². The Bertz CT molecular complexity index is 437. The second-order valence-corrected chi connectivity index (χ2v) is 6.32. The third-order valence-corrected chi connectivity index (χ3v) is 4.98. The first-order valence-electron chi connectivity index (χ1n) is 7.05. The summed E-state index contributed by atoms with van der Waals surface area (Å²) in [5.41, 5.74) is 1.11. The Morgan fingerprint density at radius 3 is 2.79 bits per heavy atom. The summed E-state index contributed by atoms with van der Waals surface area (Å²) >= 11 is 6.11. The minimum atomic E-state index is -0.182. The molecular formula is C15H20ClFN2. The summed E-state index contributed by atoms with van der Waals surface area (Å²) in [5.74, 6) is -0.182. The van der Waals surface area contributed by atoms with E-state index in [1.807, 2.05) is 0 Å². The van der Waals surface area contributed by atoms with Crippen molar-refractivity contribution in [2.75, 3.05) is 26.2 Å². The summed E-state index contributed by atoms with van der Waals surface area (Å²) in [5, 5.41) is 3.97. The molecule has 1 aromatic rings. The van der Waals surface area contributed by atoms with Crippen LogP contribution < -0.4 is 5.32 Å². The van der Waals surface area contributed by atoms with Crippen molar-refractivity contribution in [3.05, 3.63) is 34.6 Å². The fourth-order valence-electron chi connectivity index (χ4n) is 3.43. The largest absolute Gasteiger partial charge is 0.317 e. The van der Waals surface area contributed by atoms with Crippen molar-refractivity contribution in [3.63, 3.8) is 0 Å². The summed E-state index contributed by atoms with van der Waals surface area (Å²) in [4.78, 5) is 2.36. The molecule has 0 aliphatic carbocycles. The molecule has 1 N–H and O–H groups in total. The van der Waals surface area contributed by atoms with Gasteiger partial charge in [0.2, 0.25) is 0 Å². The van der Waals surface area contributed by atoms with Crippen LogP contribution in [0.25, 0.3) is 0 Å². The Morgan fingerprint density at radius 2 is 2.05 bits per heavy atom. The molecule has 0 amide bonds. The lowest BCUT2D eigenvalue weighted by atomic mass is 9.78. The fourth-order valence-corrected chi connectivity index (χ4v) is 3.66. The van der Waals surface area contributed by atoms with Crippen LogP contribution in [0.15, 0.2) is 18.2 Å². The second-order valence-electron chi connectivity index (χ2n) is 5.91. The zero-order valence-corrected chi connectivity index (χ0v) is 11.8. The van der Waals surface area contributed by atoms with Crippen molar-refractivity contribution in [2.24, 2.45) is 5.41 Å². The maximum atomic E-state index is 13.8. The van der Waals surface area contributed by atoms with Gasteiger partial charge >= 0.3 is 0 Å². The highest BCUT2D eigenvalue weighted by atomic mass is 35.5. The van der Waals surface area contributed by atoms with Crippen molar-refractivity contribution >= 4 is 11.6 Å². The molecule has 0 aromatic heterocycles. The van der Waals surface area contributed by atoms with Gasteiger partial charge in [0.25, 0.3) is 0 Å². The van der Waals surface area contributed by atoms with Gasteiger partial charge in [-0.25, -0.2) is 4.39 Å². The Hall–Kier alpha value is -0.640. The zero-order valence-electron chi connectivity index (χ0n) is 11.1. The Balaban J connectivity index is 1.69. The fraction of sp³-hybridized carbons (Fsp3) is 0.600. The number of benzene rings is 1. The van der Waals surface area contributed by atoms with Gasteiger partial charge in [0.15, 0.2) is 0 Å². The SMILES string of the molecule is Fc1cccc(Cl)c1CN1CCC2(CCNCC2)C1. The van der Waals surface area contributed by atoms with E-state index in [9.17, 15) is 4.39 Å². The van der Waals surface area contributed by atoms with Gasteiger partial charge in [0.05, 0.1) is 0 Å². The molecule has 2 nitrogen and oxygen atoms in total. The Kier molecular flexibility index (Phi) is 3.79. The van der Waals surface area contributed by atoms with E-state index in [1.165, 1.54) is 25.3 Å². The van der Waals surface area contributed by atoms with E-state index in [2.05, 4.69) is 10.2 Å². The molecule has 2 aliphatic heterocycles. The Morgan fingerprint density at radius 1 is 1.26 bits per heavy atom. The first kappa shape index (κ1) is 13.3. The molecule has 0 unspecified atom stereocenters. The van der Waals surface area contributed by atoms with Gasteiger partial charge in [-0.15, -0.1) is 0 Å². The maximum absolute atomic E-state index is 13.8. The standard InChI is InChI=1S/C15H20ClFN2/c16-13-2-1-3-14(17)12(13)10-19-9-6-15(11-19)4-7-18-8-5-15/h1-3,18H,4-11H2. The van der Waals surface area contributed by atoms with E-state index in [-0.39, 0.29) is 5.82 Å². The minimum Gasteiger partial charge on any atom is -0.317 e. The van der Waals surface area contributed by atoms with Gasteiger partial charge in [0.1, 0.15) is 5.82 Å². The molecule has 0 saturated carbocycles. The molecule has 1 aromatic carbocycles. The second kappa shape index (κ2) is 5.39. The predicted molar refractivity (Wildman–Crippen MR) is 75.8 cm³/mol. The van der Waals surface area contributed by atoms with Crippen molar-refractivity contribution in [1.29, 1.82) is 0 Å². The van der Waals surface area contributed by atoms with Crippen molar-refractivity contribution in [2.45, 2.75) is 25.8 Å². The van der Waals surface area contributed by atoms with Crippen molar-refractivity contribution < 1.29 is 4.39 Å². The van der Waals surface area contributed by atoms with Crippen LogP contribution in [0.4, 0.5) is 4.39 Å². The van der Waals surface area contributed by atoms with Crippen LogP contribution in [0.3, 0.4) is 0 Å². The number of halogens is 2. The van der Waals surface area contributed by atoms with Crippen LogP contribution in [0.5, 0.6) is 0 Å². The molecule has 2 heterocycles. The van der Waals surface area contributed by atoms with Crippen molar-refractivity contribution in [3.8, 4) is 0 Å². The van der Waals surface area contributed by atoms with Gasteiger partial charge in [0, 0.05) is 23.7 Å². The molecule has 1 spiro atoms. The first-order valence-corrected chi connectivity index (χ1v) is 7.42. The molecule has 3 rings (SSSR count). The molecule has 19 heavy (non-hydrogen) atoms. The smallest absolute Gasteiger partial charge is 0.129 e. The molecular weight excluding hydrogens is 263 g/mol. The highest BCUT2D eigenvalue weighted by Gasteiger charge is 2.38. The Labute approximate surface area is 118 Å². The topological polar surface area (TPSA) is 15.3 Å². The number of likely N-dealkylation sites (tertiary alicyclic amines) is 1. The molecule has 0 bridgehead atoms. The number of hydrogen-bond donors (Lipinski definition) is 1. The van der Waals surface area contributed by atoms with E-state index in [0.717, 1.165) is 26.2 Å². The van der Waals surface area contributed by atoms with Crippen LogP contribution >= 0.6 is 11.6 Å². The lowest BCUT2D eigenvalue weighted by Gasteiger charge is -2.34. The van der Waals surface area contributed by atoms with E-state index in [4.69, 9.17) is 11.6 Å².